The van der Waals surface area contributed by atoms with Gasteiger partial charge in [0.15, 0.2) is 0 Å². The number of carbonyl (C=O) groups is 5. The highest BCUT2D eigenvalue weighted by atomic mass is 16.2. The standard InChI is InChI=1S/C26H43N5O5/c1-18(2)17-21(22(33)23(34)27-20-9-5-6-10-20)28-24(35)26(11-7-4-8-12-26)29-25(36)31-15-13-30(14-16-31)19(3)32/h18,20-21H,4-17H2,1-3H3,(H,27,34)(H,28,35)(H,29,36)/t21-/m0/s1. The Hall–Kier alpha value is -2.65. The molecule has 1 heterocycles. The number of Topliss-reactive ketones (excluding diaryl/α,β-unsaturated/α-hetero) is 1. The molecule has 0 aromatic heterocycles. The van der Waals surface area contributed by atoms with Gasteiger partial charge in [0.25, 0.3) is 5.91 Å². The first kappa shape index (κ1) is 27.9. The van der Waals surface area contributed by atoms with E-state index in [9.17, 15) is 24.0 Å². The number of amides is 5. The second kappa shape index (κ2) is 12.5. The Labute approximate surface area is 214 Å². The maximum Gasteiger partial charge on any atom is 0.318 e. The van der Waals surface area contributed by atoms with Gasteiger partial charge in [0.2, 0.25) is 17.6 Å². The molecule has 0 spiro atoms. The first-order valence-electron chi connectivity index (χ1n) is 13.6. The molecule has 0 radical (unpaired) electrons. The van der Waals surface area contributed by atoms with Crippen molar-refractivity contribution in [2.45, 2.75) is 103 Å². The molecule has 0 bridgehead atoms. The summed E-state index contributed by atoms with van der Waals surface area (Å²) in [5.41, 5.74) is -1.12. The molecule has 1 aliphatic heterocycles. The molecule has 0 aromatic carbocycles. The molecule has 1 atom stereocenters. The molecule has 1 saturated heterocycles. The number of rotatable bonds is 8. The van der Waals surface area contributed by atoms with Gasteiger partial charge in [0.05, 0.1) is 6.04 Å². The van der Waals surface area contributed by atoms with E-state index in [2.05, 4.69) is 16.0 Å². The summed E-state index contributed by atoms with van der Waals surface area (Å²) in [6, 6.07) is -1.25. The molecule has 5 amide bonds. The number of nitrogens with zero attached hydrogens (tertiary/aromatic N) is 2. The zero-order valence-electron chi connectivity index (χ0n) is 22.1. The van der Waals surface area contributed by atoms with Crippen LogP contribution >= 0.6 is 0 Å². The van der Waals surface area contributed by atoms with Crippen molar-refractivity contribution in [3.63, 3.8) is 0 Å². The molecule has 0 unspecified atom stereocenters. The van der Waals surface area contributed by atoms with Gasteiger partial charge in [0.1, 0.15) is 5.54 Å². The Balaban J connectivity index is 1.68. The predicted octanol–water partition coefficient (Wildman–Crippen LogP) is 1.72. The predicted molar refractivity (Wildman–Crippen MR) is 135 cm³/mol. The minimum atomic E-state index is -1.12. The Morgan fingerprint density at radius 2 is 1.44 bits per heavy atom. The van der Waals surface area contributed by atoms with E-state index in [0.717, 1.165) is 44.9 Å². The Morgan fingerprint density at radius 3 is 2.00 bits per heavy atom. The summed E-state index contributed by atoms with van der Waals surface area (Å²) in [6.45, 7) is 7.13. The van der Waals surface area contributed by atoms with Crippen LogP contribution in [0.15, 0.2) is 0 Å². The fourth-order valence-electron chi connectivity index (χ4n) is 5.56. The number of ketones is 1. The lowest BCUT2D eigenvalue weighted by molar-refractivity contribution is -0.141. The normalized spacial score (nSPS) is 21.1. The molecule has 10 nitrogen and oxygen atoms in total. The number of piperazine rings is 1. The van der Waals surface area contributed by atoms with Crippen molar-refractivity contribution in [3.05, 3.63) is 0 Å². The number of carbonyl (C=O) groups excluding carboxylic acids is 5. The summed E-state index contributed by atoms with van der Waals surface area (Å²) in [4.78, 5) is 67.5. The molecule has 3 aliphatic rings. The molecule has 3 fully saturated rings. The molecule has 3 N–H and O–H groups in total. The second-order valence-corrected chi connectivity index (χ2v) is 11.0. The average Bonchev–Trinajstić information content (AvgIpc) is 3.36. The van der Waals surface area contributed by atoms with Gasteiger partial charge < -0.3 is 25.8 Å². The summed E-state index contributed by atoms with van der Waals surface area (Å²) in [7, 11) is 0. The number of urea groups is 1. The van der Waals surface area contributed by atoms with Gasteiger partial charge in [-0.05, 0) is 38.0 Å². The SMILES string of the molecule is CC(=O)N1CCN(C(=O)NC2(C(=O)N[C@@H](CC(C)C)C(=O)C(=O)NC3CCCC3)CCCCC2)CC1. The van der Waals surface area contributed by atoms with Crippen molar-refractivity contribution in [3.8, 4) is 0 Å². The highest BCUT2D eigenvalue weighted by molar-refractivity contribution is 6.38. The van der Waals surface area contributed by atoms with E-state index in [1.165, 1.54) is 6.92 Å². The Kier molecular flexibility index (Phi) is 9.73. The summed E-state index contributed by atoms with van der Waals surface area (Å²) in [5.74, 6) is -1.59. The van der Waals surface area contributed by atoms with Gasteiger partial charge in [-0.15, -0.1) is 0 Å². The summed E-state index contributed by atoms with van der Waals surface area (Å²) in [5, 5.41) is 8.69. The molecule has 10 heteroatoms. The molecule has 0 aromatic rings. The van der Waals surface area contributed by atoms with Crippen LogP contribution in [0.1, 0.15) is 85.0 Å². The maximum absolute atomic E-state index is 13.7. The van der Waals surface area contributed by atoms with E-state index in [1.807, 2.05) is 13.8 Å². The van der Waals surface area contributed by atoms with E-state index >= 15 is 0 Å². The topological polar surface area (TPSA) is 128 Å². The zero-order valence-corrected chi connectivity index (χ0v) is 22.1. The fourth-order valence-corrected chi connectivity index (χ4v) is 5.56. The van der Waals surface area contributed by atoms with E-state index in [-0.39, 0.29) is 23.9 Å². The van der Waals surface area contributed by atoms with Crippen LogP contribution in [0.5, 0.6) is 0 Å². The smallest absolute Gasteiger partial charge is 0.318 e. The van der Waals surface area contributed by atoms with Crippen LogP contribution in [0.4, 0.5) is 4.79 Å². The first-order chi connectivity index (χ1) is 17.1. The molecule has 3 rings (SSSR count). The number of hydrogen-bond donors (Lipinski definition) is 3. The third-order valence-electron chi connectivity index (χ3n) is 7.74. The Morgan fingerprint density at radius 1 is 0.861 bits per heavy atom. The highest BCUT2D eigenvalue weighted by Gasteiger charge is 2.44. The van der Waals surface area contributed by atoms with Crippen LogP contribution in [0, 0.1) is 5.92 Å². The van der Waals surface area contributed by atoms with Crippen LogP contribution < -0.4 is 16.0 Å². The third-order valence-corrected chi connectivity index (χ3v) is 7.74. The molecule has 2 aliphatic carbocycles. The molecule has 202 valence electrons. The van der Waals surface area contributed by atoms with Gasteiger partial charge in [-0.2, -0.15) is 0 Å². The van der Waals surface area contributed by atoms with Gasteiger partial charge in [-0.25, -0.2) is 4.79 Å². The monoisotopic (exact) mass is 505 g/mol. The zero-order chi connectivity index (χ0) is 26.3. The van der Waals surface area contributed by atoms with Crippen molar-refractivity contribution in [1.82, 2.24) is 25.8 Å². The second-order valence-electron chi connectivity index (χ2n) is 11.0. The molecular weight excluding hydrogens is 462 g/mol. The van der Waals surface area contributed by atoms with Crippen molar-refractivity contribution in [2.75, 3.05) is 26.2 Å². The fraction of sp³-hybridized carbons (Fsp3) is 0.808. The van der Waals surface area contributed by atoms with E-state index in [0.29, 0.717) is 45.4 Å². The lowest BCUT2D eigenvalue weighted by Crippen LogP contribution is -2.65. The lowest BCUT2D eigenvalue weighted by atomic mass is 9.80. The van der Waals surface area contributed by atoms with Crippen LogP contribution in [-0.4, -0.2) is 83.1 Å². The van der Waals surface area contributed by atoms with E-state index in [1.54, 1.807) is 9.80 Å². The van der Waals surface area contributed by atoms with Crippen LogP contribution in [-0.2, 0) is 19.2 Å². The van der Waals surface area contributed by atoms with Crippen LogP contribution in [0.3, 0.4) is 0 Å². The van der Waals surface area contributed by atoms with Gasteiger partial charge >= 0.3 is 6.03 Å². The van der Waals surface area contributed by atoms with Gasteiger partial charge in [-0.3, -0.25) is 19.2 Å². The quantitative estimate of drug-likeness (QED) is 0.433. The highest BCUT2D eigenvalue weighted by Crippen LogP contribution is 2.29. The maximum atomic E-state index is 13.7. The van der Waals surface area contributed by atoms with E-state index in [4.69, 9.17) is 0 Å². The van der Waals surface area contributed by atoms with Crippen molar-refractivity contribution in [1.29, 1.82) is 0 Å². The minimum absolute atomic E-state index is 0.0176. The average molecular weight is 506 g/mol. The van der Waals surface area contributed by atoms with Crippen LogP contribution in [0.2, 0.25) is 0 Å². The molecule has 2 saturated carbocycles. The van der Waals surface area contributed by atoms with Crippen molar-refractivity contribution in [2.24, 2.45) is 5.92 Å². The minimum Gasteiger partial charge on any atom is -0.347 e. The molecular formula is C26H43N5O5. The van der Waals surface area contributed by atoms with Crippen molar-refractivity contribution >= 4 is 29.5 Å². The summed E-state index contributed by atoms with van der Waals surface area (Å²) < 4.78 is 0. The Bertz CT molecular complexity index is 825. The summed E-state index contributed by atoms with van der Waals surface area (Å²) in [6.07, 6.45) is 7.68. The lowest BCUT2D eigenvalue weighted by Gasteiger charge is -2.41. The van der Waals surface area contributed by atoms with Gasteiger partial charge in [-0.1, -0.05) is 46.0 Å². The molecule has 36 heavy (non-hydrogen) atoms. The third kappa shape index (κ3) is 7.20. The largest absolute Gasteiger partial charge is 0.347 e. The van der Waals surface area contributed by atoms with Crippen molar-refractivity contribution < 1.29 is 24.0 Å². The van der Waals surface area contributed by atoms with Crippen LogP contribution in [0.25, 0.3) is 0 Å². The number of nitrogens with one attached hydrogen (secondary N) is 3. The first-order valence-corrected chi connectivity index (χ1v) is 13.6. The summed E-state index contributed by atoms with van der Waals surface area (Å²) >= 11 is 0. The van der Waals surface area contributed by atoms with Gasteiger partial charge in [0, 0.05) is 39.1 Å². The van der Waals surface area contributed by atoms with E-state index < -0.39 is 29.2 Å². The number of hydrogen-bond acceptors (Lipinski definition) is 5.